The monoisotopic (exact) mass is 439 g/mol. The van der Waals surface area contributed by atoms with E-state index in [2.05, 4.69) is 5.16 Å². The Bertz CT molecular complexity index is 942. The highest BCUT2D eigenvalue weighted by Crippen LogP contribution is 2.26. The number of likely N-dealkylation sites (tertiary alicyclic amines) is 1. The van der Waals surface area contributed by atoms with E-state index in [9.17, 15) is 9.59 Å². The Morgan fingerprint density at radius 2 is 1.94 bits per heavy atom. The molecule has 0 saturated carbocycles. The second-order valence-corrected chi connectivity index (χ2v) is 8.97. The Morgan fingerprint density at radius 1 is 1.12 bits per heavy atom. The molecule has 2 aliphatic heterocycles. The van der Waals surface area contributed by atoms with E-state index in [0.717, 1.165) is 62.1 Å². The number of aromatic nitrogens is 1. The zero-order valence-electron chi connectivity index (χ0n) is 19.1. The van der Waals surface area contributed by atoms with E-state index >= 15 is 0 Å². The lowest BCUT2D eigenvalue weighted by atomic mass is 10.0. The Morgan fingerprint density at radius 3 is 2.69 bits per heavy atom. The molecule has 7 nitrogen and oxygen atoms in total. The van der Waals surface area contributed by atoms with Crippen LogP contribution >= 0.6 is 0 Å². The second kappa shape index (κ2) is 10.3. The number of piperidine rings is 1. The molecule has 2 amide bonds. The van der Waals surface area contributed by atoms with Crippen LogP contribution in [-0.4, -0.2) is 65.7 Å². The average Bonchev–Trinajstić information content (AvgIpc) is 3.50. The van der Waals surface area contributed by atoms with Gasteiger partial charge in [-0.25, -0.2) is 0 Å². The molecule has 1 aromatic carbocycles. The van der Waals surface area contributed by atoms with Gasteiger partial charge in [-0.05, 0) is 57.6 Å². The standard InChI is InChI=1S/C25H33N3O4/c1-18-8-9-19(2)21(15-18)23-16-22(26-32-23)25(30)28(17-20-7-6-14-31-20)13-10-24(29)27-11-4-3-5-12-27/h8-9,15-16,20H,3-7,10-14,17H2,1-2H3. The molecular weight excluding hydrogens is 406 g/mol. The van der Waals surface area contributed by atoms with Crippen LogP contribution in [0.3, 0.4) is 0 Å². The summed E-state index contributed by atoms with van der Waals surface area (Å²) in [5.41, 5.74) is 3.38. The molecule has 2 aliphatic rings. The highest BCUT2D eigenvalue weighted by Gasteiger charge is 2.27. The minimum Gasteiger partial charge on any atom is -0.376 e. The lowest BCUT2D eigenvalue weighted by Crippen LogP contribution is -2.42. The van der Waals surface area contributed by atoms with Gasteiger partial charge in [0.2, 0.25) is 5.91 Å². The summed E-state index contributed by atoms with van der Waals surface area (Å²) in [7, 11) is 0. The summed E-state index contributed by atoms with van der Waals surface area (Å²) in [4.78, 5) is 29.7. The zero-order chi connectivity index (χ0) is 22.5. The molecule has 0 bridgehead atoms. The number of rotatable bonds is 7. The summed E-state index contributed by atoms with van der Waals surface area (Å²) in [6, 6.07) is 7.82. The highest BCUT2D eigenvalue weighted by molar-refractivity contribution is 5.93. The van der Waals surface area contributed by atoms with E-state index in [1.54, 1.807) is 11.0 Å². The van der Waals surface area contributed by atoms with Crippen LogP contribution < -0.4 is 0 Å². The van der Waals surface area contributed by atoms with Crippen LogP contribution in [0.25, 0.3) is 11.3 Å². The minimum absolute atomic E-state index is 0.00873. The third-order valence-corrected chi connectivity index (χ3v) is 6.43. The fraction of sp³-hybridized carbons (Fsp3) is 0.560. The molecule has 172 valence electrons. The summed E-state index contributed by atoms with van der Waals surface area (Å²) in [5, 5.41) is 4.07. The predicted octanol–water partition coefficient (Wildman–Crippen LogP) is 3.98. The second-order valence-electron chi connectivity index (χ2n) is 8.97. The van der Waals surface area contributed by atoms with Gasteiger partial charge in [0.05, 0.1) is 6.10 Å². The van der Waals surface area contributed by atoms with Gasteiger partial charge in [0.1, 0.15) is 0 Å². The first-order valence-electron chi connectivity index (χ1n) is 11.7. The number of ether oxygens (including phenoxy) is 1. The smallest absolute Gasteiger partial charge is 0.276 e. The van der Waals surface area contributed by atoms with Gasteiger partial charge in [-0.2, -0.15) is 0 Å². The van der Waals surface area contributed by atoms with E-state index in [1.807, 2.05) is 36.9 Å². The van der Waals surface area contributed by atoms with Gasteiger partial charge < -0.3 is 19.1 Å². The molecular formula is C25H33N3O4. The van der Waals surface area contributed by atoms with Crippen LogP contribution in [0, 0.1) is 13.8 Å². The van der Waals surface area contributed by atoms with Crippen LogP contribution in [0.4, 0.5) is 0 Å². The molecule has 7 heteroatoms. The van der Waals surface area contributed by atoms with Crippen molar-refractivity contribution in [2.75, 3.05) is 32.8 Å². The summed E-state index contributed by atoms with van der Waals surface area (Å²) >= 11 is 0. The molecule has 0 N–H and O–H groups in total. The lowest BCUT2D eigenvalue weighted by molar-refractivity contribution is -0.132. The van der Waals surface area contributed by atoms with Crippen molar-refractivity contribution in [3.05, 3.63) is 41.1 Å². The van der Waals surface area contributed by atoms with Crippen molar-refractivity contribution in [2.45, 2.75) is 58.5 Å². The molecule has 1 unspecified atom stereocenters. The molecule has 3 heterocycles. The number of aryl methyl sites for hydroxylation is 2. The zero-order valence-corrected chi connectivity index (χ0v) is 19.1. The van der Waals surface area contributed by atoms with Gasteiger partial charge in [-0.1, -0.05) is 22.9 Å². The topological polar surface area (TPSA) is 75.9 Å². The van der Waals surface area contributed by atoms with E-state index in [4.69, 9.17) is 9.26 Å². The fourth-order valence-corrected chi connectivity index (χ4v) is 4.51. The Balaban J connectivity index is 1.47. The van der Waals surface area contributed by atoms with Gasteiger partial charge in [-0.3, -0.25) is 9.59 Å². The number of amides is 2. The maximum Gasteiger partial charge on any atom is 0.276 e. The molecule has 0 spiro atoms. The molecule has 1 aromatic heterocycles. The molecule has 2 saturated heterocycles. The van der Waals surface area contributed by atoms with Gasteiger partial charge in [0.15, 0.2) is 11.5 Å². The first-order valence-corrected chi connectivity index (χ1v) is 11.7. The van der Waals surface area contributed by atoms with Crippen molar-refractivity contribution in [3.8, 4) is 11.3 Å². The summed E-state index contributed by atoms with van der Waals surface area (Å²) in [6.45, 7) is 7.22. The summed E-state index contributed by atoms with van der Waals surface area (Å²) < 4.78 is 11.3. The van der Waals surface area contributed by atoms with E-state index < -0.39 is 0 Å². The van der Waals surface area contributed by atoms with Crippen LogP contribution in [0.5, 0.6) is 0 Å². The number of hydrogen-bond donors (Lipinski definition) is 0. The van der Waals surface area contributed by atoms with Gasteiger partial charge in [-0.15, -0.1) is 0 Å². The van der Waals surface area contributed by atoms with Gasteiger partial charge in [0, 0.05) is 50.8 Å². The third-order valence-electron chi connectivity index (χ3n) is 6.43. The molecule has 1 atom stereocenters. The van der Waals surface area contributed by atoms with E-state index in [1.165, 1.54) is 6.42 Å². The SMILES string of the molecule is Cc1ccc(C)c(-c2cc(C(=O)N(CCC(=O)N3CCCCC3)CC3CCCO3)no2)c1. The Kier molecular flexibility index (Phi) is 7.25. The highest BCUT2D eigenvalue weighted by atomic mass is 16.5. The molecule has 0 radical (unpaired) electrons. The predicted molar refractivity (Wildman–Crippen MR) is 121 cm³/mol. The summed E-state index contributed by atoms with van der Waals surface area (Å²) in [6.07, 6.45) is 5.56. The van der Waals surface area contributed by atoms with Crippen LogP contribution in [0.15, 0.2) is 28.8 Å². The van der Waals surface area contributed by atoms with Crippen molar-refractivity contribution in [1.82, 2.24) is 15.0 Å². The van der Waals surface area contributed by atoms with Crippen molar-refractivity contribution < 1.29 is 18.8 Å². The maximum atomic E-state index is 13.3. The molecule has 2 aromatic rings. The first kappa shape index (κ1) is 22.5. The first-order chi connectivity index (χ1) is 15.5. The van der Waals surface area contributed by atoms with Crippen molar-refractivity contribution in [1.29, 1.82) is 0 Å². The average molecular weight is 440 g/mol. The van der Waals surface area contributed by atoms with Crippen molar-refractivity contribution in [2.24, 2.45) is 0 Å². The number of carbonyl (C=O) groups excluding carboxylic acids is 2. The van der Waals surface area contributed by atoms with Crippen molar-refractivity contribution >= 4 is 11.8 Å². The maximum absolute atomic E-state index is 13.3. The largest absolute Gasteiger partial charge is 0.376 e. The quantitative estimate of drug-likeness (QED) is 0.652. The number of hydrogen-bond acceptors (Lipinski definition) is 5. The molecule has 32 heavy (non-hydrogen) atoms. The van der Waals surface area contributed by atoms with Crippen LogP contribution in [-0.2, 0) is 9.53 Å². The number of nitrogens with zero attached hydrogens (tertiary/aromatic N) is 3. The lowest BCUT2D eigenvalue weighted by Gasteiger charge is -2.29. The third kappa shape index (κ3) is 5.38. The van der Waals surface area contributed by atoms with Crippen LogP contribution in [0.2, 0.25) is 0 Å². The van der Waals surface area contributed by atoms with E-state index in [0.29, 0.717) is 25.3 Å². The van der Waals surface area contributed by atoms with E-state index in [-0.39, 0.29) is 23.6 Å². The van der Waals surface area contributed by atoms with Crippen molar-refractivity contribution in [3.63, 3.8) is 0 Å². The Hall–Kier alpha value is -2.67. The fourth-order valence-electron chi connectivity index (χ4n) is 4.51. The number of benzene rings is 1. The van der Waals surface area contributed by atoms with Crippen LogP contribution in [0.1, 0.15) is 60.1 Å². The van der Waals surface area contributed by atoms with Gasteiger partial charge in [0.25, 0.3) is 5.91 Å². The number of carbonyl (C=O) groups is 2. The summed E-state index contributed by atoms with van der Waals surface area (Å²) in [5.74, 6) is 0.481. The molecule has 2 fully saturated rings. The Labute approximate surface area is 189 Å². The van der Waals surface area contributed by atoms with Gasteiger partial charge >= 0.3 is 0 Å². The normalized spacial score (nSPS) is 18.7. The molecule has 4 rings (SSSR count). The minimum atomic E-state index is -0.216. The molecule has 0 aliphatic carbocycles.